The third kappa shape index (κ3) is 4.08. The summed E-state index contributed by atoms with van der Waals surface area (Å²) in [5, 5.41) is 12.2. The van der Waals surface area contributed by atoms with Crippen molar-refractivity contribution in [3.8, 4) is 5.75 Å². The van der Waals surface area contributed by atoms with E-state index in [1.165, 1.54) is 12.1 Å². The molecule has 88 valence electrons. The number of phenolic OH excluding ortho intramolecular Hbond substituents is 1. The largest absolute Gasteiger partial charge is 0.506 e. The van der Waals surface area contributed by atoms with Gasteiger partial charge in [-0.1, -0.05) is 11.6 Å². The number of carbonyl (C=O) groups excluding carboxylic acids is 1. The van der Waals surface area contributed by atoms with E-state index in [4.69, 9.17) is 16.3 Å². The SMILES string of the molecule is CCOCCC(=O)Nc1ccc(Cl)c(O)c1. The van der Waals surface area contributed by atoms with Gasteiger partial charge in [0.25, 0.3) is 0 Å². The van der Waals surface area contributed by atoms with Crippen molar-refractivity contribution in [2.24, 2.45) is 0 Å². The summed E-state index contributed by atoms with van der Waals surface area (Å²) in [7, 11) is 0. The Morgan fingerprint density at radius 3 is 2.94 bits per heavy atom. The van der Waals surface area contributed by atoms with Gasteiger partial charge in [0.1, 0.15) is 5.75 Å². The van der Waals surface area contributed by atoms with Gasteiger partial charge in [-0.3, -0.25) is 4.79 Å². The molecule has 0 bridgehead atoms. The molecule has 0 radical (unpaired) electrons. The van der Waals surface area contributed by atoms with Crippen molar-refractivity contribution < 1.29 is 14.6 Å². The van der Waals surface area contributed by atoms with E-state index in [1.54, 1.807) is 6.07 Å². The summed E-state index contributed by atoms with van der Waals surface area (Å²) < 4.78 is 5.05. The highest BCUT2D eigenvalue weighted by molar-refractivity contribution is 6.32. The number of hydrogen-bond donors (Lipinski definition) is 2. The van der Waals surface area contributed by atoms with E-state index in [1.807, 2.05) is 6.92 Å². The fourth-order valence-corrected chi connectivity index (χ4v) is 1.24. The molecule has 2 N–H and O–H groups in total. The van der Waals surface area contributed by atoms with Crippen LogP contribution >= 0.6 is 11.6 Å². The summed E-state index contributed by atoms with van der Waals surface area (Å²) in [5.74, 6) is -0.209. The maximum atomic E-state index is 11.4. The minimum Gasteiger partial charge on any atom is -0.506 e. The quantitative estimate of drug-likeness (QED) is 0.781. The molecule has 0 fully saturated rings. The third-order valence-electron chi connectivity index (χ3n) is 1.91. The zero-order valence-electron chi connectivity index (χ0n) is 9.00. The first-order valence-electron chi connectivity index (χ1n) is 4.99. The molecular formula is C11H14ClNO3. The van der Waals surface area contributed by atoms with Crippen LogP contribution in [0.15, 0.2) is 18.2 Å². The predicted molar refractivity (Wildman–Crippen MR) is 62.9 cm³/mol. The van der Waals surface area contributed by atoms with Crippen LogP contribution < -0.4 is 5.32 Å². The molecule has 5 heteroatoms. The molecule has 0 saturated heterocycles. The molecule has 4 nitrogen and oxygen atoms in total. The van der Waals surface area contributed by atoms with Crippen LogP contribution in [0.3, 0.4) is 0 Å². The summed E-state index contributed by atoms with van der Waals surface area (Å²) in [6, 6.07) is 4.55. The van der Waals surface area contributed by atoms with Crippen molar-refractivity contribution in [1.82, 2.24) is 0 Å². The Morgan fingerprint density at radius 2 is 2.31 bits per heavy atom. The van der Waals surface area contributed by atoms with E-state index in [2.05, 4.69) is 5.32 Å². The second-order valence-electron chi connectivity index (χ2n) is 3.16. The summed E-state index contributed by atoms with van der Waals surface area (Å²) in [6.07, 6.45) is 0.289. The number of rotatable bonds is 5. The molecular weight excluding hydrogens is 230 g/mol. The molecule has 0 heterocycles. The average molecular weight is 244 g/mol. The van der Waals surface area contributed by atoms with Gasteiger partial charge < -0.3 is 15.2 Å². The lowest BCUT2D eigenvalue weighted by atomic mass is 10.3. The Bertz CT molecular complexity index is 368. The van der Waals surface area contributed by atoms with Crippen LogP contribution in [0.2, 0.25) is 5.02 Å². The van der Waals surface area contributed by atoms with Crippen molar-refractivity contribution in [2.45, 2.75) is 13.3 Å². The highest BCUT2D eigenvalue weighted by Gasteiger charge is 2.04. The fourth-order valence-electron chi connectivity index (χ4n) is 1.12. The molecule has 1 aromatic carbocycles. The number of amides is 1. The van der Waals surface area contributed by atoms with Gasteiger partial charge in [0.15, 0.2) is 0 Å². The van der Waals surface area contributed by atoms with Crippen molar-refractivity contribution in [1.29, 1.82) is 0 Å². The molecule has 0 aliphatic rings. The smallest absolute Gasteiger partial charge is 0.226 e. The summed E-state index contributed by atoms with van der Waals surface area (Å²) in [4.78, 5) is 11.4. The molecule has 0 aromatic heterocycles. The van der Waals surface area contributed by atoms with Gasteiger partial charge in [0.2, 0.25) is 5.91 Å². The van der Waals surface area contributed by atoms with Crippen LogP contribution in [-0.4, -0.2) is 24.2 Å². The highest BCUT2D eigenvalue weighted by atomic mass is 35.5. The minimum atomic E-state index is -0.157. The number of nitrogens with one attached hydrogen (secondary N) is 1. The van der Waals surface area contributed by atoms with Gasteiger partial charge in [0.05, 0.1) is 18.1 Å². The van der Waals surface area contributed by atoms with Gasteiger partial charge in [-0.15, -0.1) is 0 Å². The van der Waals surface area contributed by atoms with E-state index in [0.29, 0.717) is 18.9 Å². The Kier molecular flexibility index (Phi) is 5.08. The number of phenols is 1. The molecule has 1 rings (SSSR count). The molecule has 0 aliphatic heterocycles. The summed E-state index contributed by atoms with van der Waals surface area (Å²) >= 11 is 5.64. The van der Waals surface area contributed by atoms with Crippen molar-refractivity contribution in [2.75, 3.05) is 18.5 Å². The van der Waals surface area contributed by atoms with Crippen molar-refractivity contribution in [3.05, 3.63) is 23.2 Å². The monoisotopic (exact) mass is 243 g/mol. The molecule has 0 saturated carbocycles. The van der Waals surface area contributed by atoms with Gasteiger partial charge in [-0.05, 0) is 19.1 Å². The van der Waals surface area contributed by atoms with E-state index in [-0.39, 0.29) is 23.1 Å². The Hall–Kier alpha value is -1.26. The summed E-state index contributed by atoms with van der Waals surface area (Å²) in [5.41, 5.74) is 0.517. The standard InChI is InChI=1S/C11H14ClNO3/c1-2-16-6-5-11(15)13-8-3-4-9(12)10(14)7-8/h3-4,7,14H,2,5-6H2,1H3,(H,13,15). The van der Waals surface area contributed by atoms with E-state index in [9.17, 15) is 9.90 Å². The van der Waals surface area contributed by atoms with Crippen molar-refractivity contribution >= 4 is 23.2 Å². The van der Waals surface area contributed by atoms with Crippen LogP contribution in [0.5, 0.6) is 5.75 Å². The second-order valence-corrected chi connectivity index (χ2v) is 3.57. The van der Waals surface area contributed by atoms with Crippen LogP contribution in [-0.2, 0) is 9.53 Å². The Labute approximate surface area is 99.2 Å². The minimum absolute atomic E-state index is 0.0516. The lowest BCUT2D eigenvalue weighted by Gasteiger charge is -2.06. The molecule has 0 unspecified atom stereocenters. The van der Waals surface area contributed by atoms with Crippen LogP contribution in [0.4, 0.5) is 5.69 Å². The zero-order chi connectivity index (χ0) is 12.0. The second kappa shape index (κ2) is 6.35. The molecule has 1 amide bonds. The third-order valence-corrected chi connectivity index (χ3v) is 2.23. The zero-order valence-corrected chi connectivity index (χ0v) is 9.75. The molecule has 0 aliphatic carbocycles. The first-order chi connectivity index (χ1) is 7.63. The lowest BCUT2D eigenvalue weighted by molar-refractivity contribution is -0.117. The van der Waals surface area contributed by atoms with E-state index >= 15 is 0 Å². The van der Waals surface area contributed by atoms with Crippen LogP contribution in [0.1, 0.15) is 13.3 Å². The number of aromatic hydroxyl groups is 1. The number of hydrogen-bond acceptors (Lipinski definition) is 3. The Balaban J connectivity index is 2.46. The van der Waals surface area contributed by atoms with E-state index < -0.39 is 0 Å². The van der Waals surface area contributed by atoms with Gasteiger partial charge in [-0.2, -0.15) is 0 Å². The maximum absolute atomic E-state index is 11.4. The number of ether oxygens (including phenoxy) is 1. The Morgan fingerprint density at radius 1 is 1.56 bits per heavy atom. The van der Waals surface area contributed by atoms with Gasteiger partial charge >= 0.3 is 0 Å². The first-order valence-corrected chi connectivity index (χ1v) is 5.37. The molecule has 16 heavy (non-hydrogen) atoms. The number of anilines is 1. The van der Waals surface area contributed by atoms with Crippen molar-refractivity contribution in [3.63, 3.8) is 0 Å². The lowest BCUT2D eigenvalue weighted by Crippen LogP contribution is -2.14. The van der Waals surface area contributed by atoms with Crippen LogP contribution in [0, 0.1) is 0 Å². The normalized spacial score (nSPS) is 10.1. The maximum Gasteiger partial charge on any atom is 0.226 e. The van der Waals surface area contributed by atoms with Crippen LogP contribution in [0.25, 0.3) is 0 Å². The first kappa shape index (κ1) is 12.8. The molecule has 1 aromatic rings. The molecule has 0 atom stereocenters. The average Bonchev–Trinajstić information content (AvgIpc) is 2.24. The number of carbonyl (C=O) groups is 1. The highest BCUT2D eigenvalue weighted by Crippen LogP contribution is 2.26. The molecule has 0 spiro atoms. The fraction of sp³-hybridized carbons (Fsp3) is 0.364. The van der Waals surface area contributed by atoms with E-state index in [0.717, 1.165) is 0 Å². The predicted octanol–water partition coefficient (Wildman–Crippen LogP) is 2.41. The number of halogens is 1. The summed E-state index contributed by atoms with van der Waals surface area (Å²) in [6.45, 7) is 2.85. The van der Waals surface area contributed by atoms with Gasteiger partial charge in [-0.25, -0.2) is 0 Å². The van der Waals surface area contributed by atoms with Gasteiger partial charge in [0, 0.05) is 18.4 Å². The topological polar surface area (TPSA) is 58.6 Å². The number of benzene rings is 1.